The molecule has 0 spiro atoms. The lowest BCUT2D eigenvalue weighted by molar-refractivity contribution is 0.100. The molecule has 0 radical (unpaired) electrons. The highest BCUT2D eigenvalue weighted by Crippen LogP contribution is 2.23. The van der Waals surface area contributed by atoms with Crippen LogP contribution in [0.2, 0.25) is 0 Å². The second-order valence-electron chi connectivity index (χ2n) is 4.04. The monoisotopic (exact) mass is 243 g/mol. The summed E-state index contributed by atoms with van der Waals surface area (Å²) >= 11 is 0. The van der Waals surface area contributed by atoms with Crippen LogP contribution in [0.25, 0.3) is 0 Å². The van der Waals surface area contributed by atoms with Crippen LogP contribution in [0.1, 0.15) is 31.9 Å². The highest BCUT2D eigenvalue weighted by molar-refractivity contribution is 5.22. The molecule has 2 nitrogen and oxygen atoms in total. The predicted octanol–water partition coefficient (Wildman–Crippen LogP) is 3.04. The maximum atomic E-state index is 13.7. The Bertz CT molecular complexity index is 357. The third-order valence-electron chi connectivity index (χ3n) is 2.78. The van der Waals surface area contributed by atoms with Crippen LogP contribution < -0.4 is 5.32 Å². The number of halogens is 2. The first-order valence-electron chi connectivity index (χ1n) is 5.80. The van der Waals surface area contributed by atoms with Crippen molar-refractivity contribution in [1.29, 1.82) is 0 Å². The van der Waals surface area contributed by atoms with Crippen molar-refractivity contribution in [2.45, 2.75) is 32.4 Å². The SMILES string of the molecule is CCNC(CC(C)OC)c1cccc(F)c1F. The van der Waals surface area contributed by atoms with E-state index in [2.05, 4.69) is 5.32 Å². The number of ether oxygens (including phenoxy) is 1. The highest BCUT2D eigenvalue weighted by atomic mass is 19.2. The van der Waals surface area contributed by atoms with Gasteiger partial charge in [0.2, 0.25) is 0 Å². The quantitative estimate of drug-likeness (QED) is 0.829. The maximum Gasteiger partial charge on any atom is 0.163 e. The number of benzene rings is 1. The fraction of sp³-hybridized carbons (Fsp3) is 0.538. The molecule has 0 heterocycles. The third kappa shape index (κ3) is 3.75. The minimum Gasteiger partial charge on any atom is -0.382 e. The smallest absolute Gasteiger partial charge is 0.163 e. The molecule has 1 rings (SSSR count). The molecule has 0 amide bonds. The number of rotatable bonds is 6. The van der Waals surface area contributed by atoms with E-state index in [0.29, 0.717) is 18.5 Å². The Labute approximate surface area is 101 Å². The van der Waals surface area contributed by atoms with Crippen molar-refractivity contribution < 1.29 is 13.5 Å². The molecule has 0 saturated heterocycles. The van der Waals surface area contributed by atoms with Crippen LogP contribution in [-0.4, -0.2) is 19.8 Å². The Morgan fingerprint density at radius 3 is 2.65 bits per heavy atom. The lowest BCUT2D eigenvalue weighted by atomic mass is 10.00. The highest BCUT2D eigenvalue weighted by Gasteiger charge is 2.19. The van der Waals surface area contributed by atoms with Crippen LogP contribution in [0.4, 0.5) is 8.78 Å². The van der Waals surface area contributed by atoms with E-state index in [9.17, 15) is 8.78 Å². The van der Waals surface area contributed by atoms with E-state index in [1.165, 1.54) is 6.07 Å². The molecule has 0 bridgehead atoms. The lowest BCUT2D eigenvalue weighted by Crippen LogP contribution is -2.26. The third-order valence-corrected chi connectivity index (χ3v) is 2.78. The standard InChI is InChI=1S/C13H19F2NO/c1-4-16-12(8-9(2)17-3)10-6-5-7-11(14)13(10)15/h5-7,9,12,16H,4,8H2,1-3H3. The molecule has 2 unspecified atom stereocenters. The van der Waals surface area contributed by atoms with Crippen LogP contribution in [0, 0.1) is 11.6 Å². The second-order valence-corrected chi connectivity index (χ2v) is 4.04. The zero-order valence-electron chi connectivity index (χ0n) is 10.5. The van der Waals surface area contributed by atoms with E-state index in [-0.39, 0.29) is 12.1 Å². The number of hydrogen-bond donors (Lipinski definition) is 1. The first-order chi connectivity index (χ1) is 8.10. The number of nitrogens with one attached hydrogen (secondary N) is 1. The van der Waals surface area contributed by atoms with Crippen LogP contribution in [0.15, 0.2) is 18.2 Å². The molecule has 17 heavy (non-hydrogen) atoms. The van der Waals surface area contributed by atoms with Gasteiger partial charge in [0.15, 0.2) is 11.6 Å². The Kier molecular flexibility index (Phi) is 5.51. The van der Waals surface area contributed by atoms with Crippen molar-refractivity contribution in [2.75, 3.05) is 13.7 Å². The summed E-state index contributed by atoms with van der Waals surface area (Å²) < 4.78 is 32.0. The summed E-state index contributed by atoms with van der Waals surface area (Å²) in [4.78, 5) is 0. The van der Waals surface area contributed by atoms with E-state index in [4.69, 9.17) is 4.74 Å². The van der Waals surface area contributed by atoms with E-state index in [1.54, 1.807) is 13.2 Å². The van der Waals surface area contributed by atoms with Gasteiger partial charge in [0.05, 0.1) is 6.10 Å². The van der Waals surface area contributed by atoms with Gasteiger partial charge in [0.1, 0.15) is 0 Å². The molecular weight excluding hydrogens is 224 g/mol. The molecule has 96 valence electrons. The summed E-state index contributed by atoms with van der Waals surface area (Å²) in [5.74, 6) is -1.59. The van der Waals surface area contributed by atoms with Gasteiger partial charge in [-0.15, -0.1) is 0 Å². The summed E-state index contributed by atoms with van der Waals surface area (Å²) in [6, 6.07) is 4.02. The lowest BCUT2D eigenvalue weighted by Gasteiger charge is -2.22. The van der Waals surface area contributed by atoms with Crippen LogP contribution in [0.3, 0.4) is 0 Å². The predicted molar refractivity (Wildman–Crippen MR) is 63.9 cm³/mol. The molecule has 0 aliphatic rings. The Hall–Kier alpha value is -1.00. The van der Waals surface area contributed by atoms with E-state index < -0.39 is 11.6 Å². The molecule has 0 aliphatic carbocycles. The summed E-state index contributed by atoms with van der Waals surface area (Å²) in [7, 11) is 1.61. The van der Waals surface area contributed by atoms with Gasteiger partial charge in [0, 0.05) is 18.7 Å². The fourth-order valence-electron chi connectivity index (χ4n) is 1.78. The summed E-state index contributed by atoms with van der Waals surface area (Å²) in [6.07, 6.45) is 0.590. The van der Waals surface area contributed by atoms with Crippen molar-refractivity contribution in [3.8, 4) is 0 Å². The zero-order chi connectivity index (χ0) is 12.8. The minimum absolute atomic E-state index is 0.0123. The average Bonchev–Trinajstić information content (AvgIpc) is 2.32. The van der Waals surface area contributed by atoms with Crippen molar-refractivity contribution in [2.24, 2.45) is 0 Å². The molecule has 0 aliphatic heterocycles. The number of hydrogen-bond acceptors (Lipinski definition) is 2. The second kappa shape index (κ2) is 6.67. The molecule has 0 saturated carbocycles. The van der Waals surface area contributed by atoms with E-state index in [0.717, 1.165) is 6.07 Å². The van der Waals surface area contributed by atoms with Crippen molar-refractivity contribution >= 4 is 0 Å². The topological polar surface area (TPSA) is 21.3 Å². The first-order valence-corrected chi connectivity index (χ1v) is 5.80. The van der Waals surface area contributed by atoms with E-state index >= 15 is 0 Å². The Balaban J connectivity index is 2.92. The normalized spacial score (nSPS) is 14.6. The summed E-state index contributed by atoms with van der Waals surface area (Å²) in [6.45, 7) is 4.53. The minimum atomic E-state index is -0.810. The van der Waals surface area contributed by atoms with Crippen LogP contribution in [-0.2, 0) is 4.74 Å². The van der Waals surface area contributed by atoms with Gasteiger partial charge < -0.3 is 10.1 Å². The Morgan fingerprint density at radius 1 is 1.35 bits per heavy atom. The maximum absolute atomic E-state index is 13.7. The molecule has 1 N–H and O–H groups in total. The first kappa shape index (κ1) is 14.1. The molecule has 1 aromatic rings. The Morgan fingerprint density at radius 2 is 2.06 bits per heavy atom. The van der Waals surface area contributed by atoms with Gasteiger partial charge in [-0.3, -0.25) is 0 Å². The van der Waals surface area contributed by atoms with Gasteiger partial charge in [0.25, 0.3) is 0 Å². The molecule has 0 fully saturated rings. The van der Waals surface area contributed by atoms with Gasteiger partial charge in [-0.25, -0.2) is 8.78 Å². The average molecular weight is 243 g/mol. The van der Waals surface area contributed by atoms with Crippen molar-refractivity contribution in [3.05, 3.63) is 35.4 Å². The molecule has 2 atom stereocenters. The number of methoxy groups -OCH3 is 1. The molecular formula is C13H19F2NO. The van der Waals surface area contributed by atoms with Crippen LogP contribution >= 0.6 is 0 Å². The molecule has 4 heteroatoms. The fourth-order valence-corrected chi connectivity index (χ4v) is 1.78. The van der Waals surface area contributed by atoms with Crippen LogP contribution in [0.5, 0.6) is 0 Å². The van der Waals surface area contributed by atoms with Crippen molar-refractivity contribution in [3.63, 3.8) is 0 Å². The van der Waals surface area contributed by atoms with Gasteiger partial charge in [-0.1, -0.05) is 19.1 Å². The summed E-state index contributed by atoms with van der Waals surface area (Å²) in [5.41, 5.74) is 0.357. The summed E-state index contributed by atoms with van der Waals surface area (Å²) in [5, 5.41) is 3.15. The van der Waals surface area contributed by atoms with Gasteiger partial charge in [-0.2, -0.15) is 0 Å². The van der Waals surface area contributed by atoms with Gasteiger partial charge >= 0.3 is 0 Å². The molecule has 0 aromatic heterocycles. The zero-order valence-corrected chi connectivity index (χ0v) is 10.5. The van der Waals surface area contributed by atoms with E-state index in [1.807, 2.05) is 13.8 Å². The largest absolute Gasteiger partial charge is 0.382 e. The van der Waals surface area contributed by atoms with Crippen molar-refractivity contribution in [1.82, 2.24) is 5.32 Å². The molecule has 1 aromatic carbocycles. The van der Waals surface area contributed by atoms with Gasteiger partial charge in [-0.05, 0) is 26.0 Å².